The second kappa shape index (κ2) is 6.81. The minimum Gasteiger partial charge on any atom is -0.468 e. The molecular weight excluding hydrogens is 242 g/mol. The molecule has 0 bridgehead atoms. The number of anilines is 1. The van der Waals surface area contributed by atoms with Gasteiger partial charge in [-0.25, -0.2) is 0 Å². The lowest BCUT2D eigenvalue weighted by Gasteiger charge is -2.28. The summed E-state index contributed by atoms with van der Waals surface area (Å²) < 4.78 is 9.88. The van der Waals surface area contributed by atoms with Crippen LogP contribution in [-0.4, -0.2) is 39.4 Å². The van der Waals surface area contributed by atoms with Gasteiger partial charge in [-0.2, -0.15) is 0 Å². The molecule has 2 rings (SSSR count). The highest BCUT2D eigenvalue weighted by Gasteiger charge is 2.10. The van der Waals surface area contributed by atoms with Crippen LogP contribution in [0.25, 0.3) is 0 Å². The second-order valence-corrected chi connectivity index (χ2v) is 4.20. The molecule has 1 saturated heterocycles. The van der Waals surface area contributed by atoms with Crippen LogP contribution < -0.4 is 4.90 Å². The Bertz CT molecular complexity index is 496. The number of carbonyl (C=O) groups excluding carboxylic acids is 1. The third-order valence-electron chi connectivity index (χ3n) is 2.92. The molecule has 0 aromatic heterocycles. The molecule has 0 radical (unpaired) electrons. The topological polar surface area (TPSA) is 38.8 Å². The number of ether oxygens (including phenoxy) is 2. The highest BCUT2D eigenvalue weighted by atomic mass is 16.5. The van der Waals surface area contributed by atoms with E-state index in [9.17, 15) is 4.79 Å². The van der Waals surface area contributed by atoms with Crippen molar-refractivity contribution in [2.75, 3.05) is 38.3 Å². The third kappa shape index (κ3) is 4.01. The van der Waals surface area contributed by atoms with Gasteiger partial charge in [0.15, 0.2) is 0 Å². The summed E-state index contributed by atoms with van der Waals surface area (Å²) in [5.74, 6) is 5.49. The van der Waals surface area contributed by atoms with Crippen LogP contribution in [-0.2, 0) is 14.3 Å². The highest BCUT2D eigenvalue weighted by molar-refractivity contribution is 5.72. The Morgan fingerprint density at radius 2 is 2.21 bits per heavy atom. The molecule has 0 aliphatic carbocycles. The molecule has 0 unspecified atom stereocenters. The zero-order valence-electron chi connectivity index (χ0n) is 11.0. The van der Waals surface area contributed by atoms with Crippen molar-refractivity contribution >= 4 is 11.7 Å². The van der Waals surface area contributed by atoms with Crippen LogP contribution in [0.2, 0.25) is 0 Å². The first-order valence-electron chi connectivity index (χ1n) is 6.28. The number of benzene rings is 1. The lowest BCUT2D eigenvalue weighted by atomic mass is 10.2. The van der Waals surface area contributed by atoms with Gasteiger partial charge in [0.2, 0.25) is 0 Å². The molecule has 0 spiro atoms. The van der Waals surface area contributed by atoms with Gasteiger partial charge in [-0.3, -0.25) is 4.79 Å². The van der Waals surface area contributed by atoms with E-state index >= 15 is 0 Å². The van der Waals surface area contributed by atoms with Gasteiger partial charge < -0.3 is 14.4 Å². The fourth-order valence-electron chi connectivity index (χ4n) is 1.89. The number of rotatable bonds is 2. The van der Waals surface area contributed by atoms with E-state index in [0.29, 0.717) is 0 Å². The second-order valence-electron chi connectivity index (χ2n) is 4.20. The smallest absolute Gasteiger partial charge is 0.317 e. The fraction of sp³-hybridized carbons (Fsp3) is 0.400. The molecule has 19 heavy (non-hydrogen) atoms. The summed E-state index contributed by atoms with van der Waals surface area (Å²) in [6.07, 6.45) is 0.123. The Kier molecular flexibility index (Phi) is 4.82. The molecule has 0 saturated carbocycles. The first-order chi connectivity index (χ1) is 9.29. The Labute approximate surface area is 113 Å². The summed E-state index contributed by atoms with van der Waals surface area (Å²) in [5, 5.41) is 0. The van der Waals surface area contributed by atoms with Crippen molar-refractivity contribution in [3.05, 3.63) is 29.8 Å². The number of nitrogens with zero attached hydrogens (tertiary/aromatic N) is 1. The molecule has 4 heteroatoms. The minimum absolute atomic E-state index is 0.123. The monoisotopic (exact) mass is 259 g/mol. The van der Waals surface area contributed by atoms with Gasteiger partial charge in [-0.15, -0.1) is 0 Å². The average molecular weight is 259 g/mol. The van der Waals surface area contributed by atoms with E-state index in [4.69, 9.17) is 4.74 Å². The van der Waals surface area contributed by atoms with Gasteiger partial charge in [0.05, 0.1) is 20.3 Å². The molecule has 0 N–H and O–H groups in total. The van der Waals surface area contributed by atoms with E-state index in [1.54, 1.807) is 0 Å². The predicted molar refractivity (Wildman–Crippen MR) is 73.0 cm³/mol. The first kappa shape index (κ1) is 13.4. The summed E-state index contributed by atoms with van der Waals surface area (Å²) >= 11 is 0. The van der Waals surface area contributed by atoms with E-state index in [1.807, 2.05) is 18.2 Å². The summed E-state index contributed by atoms with van der Waals surface area (Å²) in [7, 11) is 1.36. The summed E-state index contributed by atoms with van der Waals surface area (Å²) in [4.78, 5) is 13.2. The number of methoxy groups -OCH3 is 1. The Hall–Kier alpha value is -1.99. The highest BCUT2D eigenvalue weighted by Crippen LogP contribution is 2.16. The van der Waals surface area contributed by atoms with Crippen molar-refractivity contribution in [2.24, 2.45) is 0 Å². The third-order valence-corrected chi connectivity index (χ3v) is 2.92. The first-order valence-corrected chi connectivity index (χ1v) is 6.28. The van der Waals surface area contributed by atoms with Crippen LogP contribution in [0.15, 0.2) is 24.3 Å². The SMILES string of the molecule is COC(=O)CC#Cc1cccc(N2CCOCC2)c1. The number of esters is 1. The number of carbonyl (C=O) groups is 1. The van der Waals surface area contributed by atoms with Gasteiger partial charge >= 0.3 is 5.97 Å². The van der Waals surface area contributed by atoms with Crippen molar-refractivity contribution in [1.82, 2.24) is 0 Å². The normalized spacial score (nSPS) is 14.5. The van der Waals surface area contributed by atoms with Crippen LogP contribution >= 0.6 is 0 Å². The van der Waals surface area contributed by atoms with Gasteiger partial charge in [-0.1, -0.05) is 17.9 Å². The molecule has 1 aromatic carbocycles. The quantitative estimate of drug-likeness (QED) is 0.595. The fourth-order valence-corrected chi connectivity index (χ4v) is 1.89. The molecule has 1 heterocycles. The molecule has 4 nitrogen and oxygen atoms in total. The van der Waals surface area contributed by atoms with Crippen molar-refractivity contribution in [3.8, 4) is 11.8 Å². The van der Waals surface area contributed by atoms with Crippen molar-refractivity contribution < 1.29 is 14.3 Å². The lowest BCUT2D eigenvalue weighted by Crippen LogP contribution is -2.36. The predicted octanol–water partition coefficient (Wildman–Crippen LogP) is 1.44. The standard InChI is InChI=1S/C15H17NO3/c1-18-15(17)7-3-5-13-4-2-6-14(12-13)16-8-10-19-11-9-16/h2,4,6,12H,7-11H2,1H3. The Morgan fingerprint density at radius 1 is 1.42 bits per heavy atom. The van der Waals surface area contributed by atoms with E-state index in [1.165, 1.54) is 7.11 Å². The maximum Gasteiger partial charge on any atom is 0.317 e. The van der Waals surface area contributed by atoms with Crippen LogP contribution in [0.4, 0.5) is 5.69 Å². The molecule has 100 valence electrons. The van der Waals surface area contributed by atoms with Gasteiger partial charge in [0, 0.05) is 24.3 Å². The summed E-state index contributed by atoms with van der Waals surface area (Å²) in [5.41, 5.74) is 2.06. The van der Waals surface area contributed by atoms with E-state index in [2.05, 4.69) is 27.5 Å². The van der Waals surface area contributed by atoms with Crippen LogP contribution in [0.5, 0.6) is 0 Å². The maximum atomic E-state index is 11.0. The molecule has 1 aliphatic rings. The number of hydrogen-bond donors (Lipinski definition) is 0. The van der Waals surface area contributed by atoms with Gasteiger partial charge in [0.25, 0.3) is 0 Å². The van der Waals surface area contributed by atoms with E-state index < -0.39 is 0 Å². The summed E-state index contributed by atoms with van der Waals surface area (Å²) in [6.45, 7) is 3.33. The average Bonchev–Trinajstić information content (AvgIpc) is 2.48. The molecule has 0 atom stereocenters. The number of morpholine rings is 1. The maximum absolute atomic E-state index is 11.0. The minimum atomic E-state index is -0.308. The van der Waals surface area contributed by atoms with Crippen molar-refractivity contribution in [2.45, 2.75) is 6.42 Å². The molecular formula is C15H17NO3. The van der Waals surface area contributed by atoms with E-state index in [-0.39, 0.29) is 12.4 Å². The van der Waals surface area contributed by atoms with Crippen LogP contribution in [0, 0.1) is 11.8 Å². The zero-order chi connectivity index (χ0) is 13.5. The zero-order valence-corrected chi connectivity index (χ0v) is 11.0. The molecule has 1 fully saturated rings. The largest absolute Gasteiger partial charge is 0.468 e. The van der Waals surface area contributed by atoms with E-state index in [0.717, 1.165) is 37.6 Å². The van der Waals surface area contributed by atoms with Gasteiger partial charge in [0.1, 0.15) is 6.42 Å². The molecule has 1 aromatic rings. The number of hydrogen-bond acceptors (Lipinski definition) is 4. The van der Waals surface area contributed by atoms with Crippen LogP contribution in [0.1, 0.15) is 12.0 Å². The van der Waals surface area contributed by atoms with Crippen molar-refractivity contribution in [3.63, 3.8) is 0 Å². The van der Waals surface area contributed by atoms with Crippen LogP contribution in [0.3, 0.4) is 0 Å². The van der Waals surface area contributed by atoms with Gasteiger partial charge in [-0.05, 0) is 18.2 Å². The summed E-state index contributed by atoms with van der Waals surface area (Å²) in [6, 6.07) is 8.02. The van der Waals surface area contributed by atoms with Crippen molar-refractivity contribution in [1.29, 1.82) is 0 Å². The molecule has 0 amide bonds. The lowest BCUT2D eigenvalue weighted by molar-refractivity contribution is -0.139. The Balaban J connectivity index is 2.04. The molecule has 1 aliphatic heterocycles. The Morgan fingerprint density at radius 3 is 2.95 bits per heavy atom.